The molecule has 0 aliphatic heterocycles. The molecule has 1 amide bonds. The number of furan rings is 1. The predicted octanol–water partition coefficient (Wildman–Crippen LogP) is 5.87. The molecule has 3 rings (SSSR count). The molecule has 0 radical (unpaired) electrons. The number of halogens is 1. The zero-order valence-electron chi connectivity index (χ0n) is 14.9. The SMILES string of the molecule is Cc1ccc(-c2ccc(/C=C(\C#N)C(=O)Nc3ccccc3C)o2)c(Br)c1. The summed E-state index contributed by atoms with van der Waals surface area (Å²) in [6, 6.07) is 18.9. The fourth-order valence-electron chi connectivity index (χ4n) is 2.59. The van der Waals surface area contributed by atoms with Crippen molar-refractivity contribution in [1.29, 1.82) is 5.26 Å². The highest BCUT2D eigenvalue weighted by Crippen LogP contribution is 2.31. The van der Waals surface area contributed by atoms with Crippen molar-refractivity contribution in [3.63, 3.8) is 0 Å². The van der Waals surface area contributed by atoms with E-state index in [0.29, 0.717) is 17.2 Å². The molecule has 3 aromatic rings. The first kappa shape index (κ1) is 18.7. The summed E-state index contributed by atoms with van der Waals surface area (Å²) in [6.07, 6.45) is 1.44. The maximum absolute atomic E-state index is 12.4. The van der Waals surface area contributed by atoms with E-state index in [2.05, 4.69) is 21.2 Å². The molecule has 0 saturated carbocycles. The number of hydrogen-bond acceptors (Lipinski definition) is 3. The molecule has 0 unspecified atom stereocenters. The molecule has 2 aromatic carbocycles. The number of hydrogen-bond donors (Lipinski definition) is 1. The van der Waals surface area contributed by atoms with Gasteiger partial charge in [-0.05, 0) is 55.3 Å². The molecule has 5 heteroatoms. The summed E-state index contributed by atoms with van der Waals surface area (Å²) in [5, 5.41) is 12.1. The monoisotopic (exact) mass is 420 g/mol. The lowest BCUT2D eigenvalue weighted by atomic mass is 10.1. The minimum atomic E-state index is -0.471. The molecule has 134 valence electrons. The smallest absolute Gasteiger partial charge is 0.266 e. The van der Waals surface area contributed by atoms with Gasteiger partial charge in [0.25, 0.3) is 5.91 Å². The third-order valence-corrected chi connectivity index (χ3v) is 4.72. The normalized spacial score (nSPS) is 11.1. The molecule has 0 saturated heterocycles. The lowest BCUT2D eigenvalue weighted by Crippen LogP contribution is -2.14. The Kier molecular flexibility index (Phi) is 5.58. The number of benzene rings is 2. The molecule has 0 bridgehead atoms. The largest absolute Gasteiger partial charge is 0.457 e. The molecule has 0 spiro atoms. The van der Waals surface area contributed by atoms with Gasteiger partial charge in [0.05, 0.1) is 0 Å². The van der Waals surface area contributed by atoms with Gasteiger partial charge in [-0.1, -0.05) is 40.2 Å². The highest BCUT2D eigenvalue weighted by molar-refractivity contribution is 9.10. The number of nitrogens with zero attached hydrogens (tertiary/aromatic N) is 1. The number of rotatable bonds is 4. The fraction of sp³-hybridized carbons (Fsp3) is 0.0909. The van der Waals surface area contributed by atoms with Crippen molar-refractivity contribution in [1.82, 2.24) is 0 Å². The van der Waals surface area contributed by atoms with Crippen LogP contribution in [0.25, 0.3) is 17.4 Å². The molecule has 0 atom stereocenters. The van der Waals surface area contributed by atoms with Gasteiger partial charge in [-0.15, -0.1) is 0 Å². The highest BCUT2D eigenvalue weighted by Gasteiger charge is 2.13. The van der Waals surface area contributed by atoms with Crippen LogP contribution in [0.3, 0.4) is 0 Å². The predicted molar refractivity (Wildman–Crippen MR) is 110 cm³/mol. The van der Waals surface area contributed by atoms with Crippen molar-refractivity contribution in [3.05, 3.63) is 81.5 Å². The summed E-state index contributed by atoms with van der Waals surface area (Å²) in [5.74, 6) is 0.625. The lowest BCUT2D eigenvalue weighted by Gasteiger charge is -2.06. The van der Waals surface area contributed by atoms with Crippen LogP contribution in [0.15, 0.2) is 69.1 Å². The Balaban J connectivity index is 1.84. The number of nitrogens with one attached hydrogen (secondary N) is 1. The van der Waals surface area contributed by atoms with Crippen molar-refractivity contribution in [2.75, 3.05) is 5.32 Å². The number of carbonyl (C=O) groups excluding carboxylic acids is 1. The van der Waals surface area contributed by atoms with E-state index >= 15 is 0 Å². The highest BCUT2D eigenvalue weighted by atomic mass is 79.9. The molecule has 1 heterocycles. The van der Waals surface area contributed by atoms with Crippen molar-refractivity contribution < 1.29 is 9.21 Å². The van der Waals surface area contributed by atoms with E-state index < -0.39 is 5.91 Å². The van der Waals surface area contributed by atoms with E-state index in [4.69, 9.17) is 4.42 Å². The van der Waals surface area contributed by atoms with Gasteiger partial charge >= 0.3 is 0 Å². The number of nitriles is 1. The van der Waals surface area contributed by atoms with Crippen LogP contribution in [0.5, 0.6) is 0 Å². The summed E-state index contributed by atoms with van der Waals surface area (Å²) >= 11 is 3.53. The molecule has 0 fully saturated rings. The van der Waals surface area contributed by atoms with Crippen molar-refractivity contribution in [3.8, 4) is 17.4 Å². The van der Waals surface area contributed by atoms with Gasteiger partial charge in [-0.25, -0.2) is 0 Å². The van der Waals surface area contributed by atoms with Gasteiger partial charge in [0.2, 0.25) is 0 Å². The summed E-state index contributed by atoms with van der Waals surface area (Å²) in [5.41, 5.74) is 3.61. The lowest BCUT2D eigenvalue weighted by molar-refractivity contribution is -0.112. The van der Waals surface area contributed by atoms with Gasteiger partial charge in [-0.2, -0.15) is 5.26 Å². The van der Waals surface area contributed by atoms with E-state index in [9.17, 15) is 10.1 Å². The van der Waals surface area contributed by atoms with Crippen molar-refractivity contribution in [2.24, 2.45) is 0 Å². The first-order chi connectivity index (χ1) is 13.0. The molecule has 1 N–H and O–H groups in total. The molecule has 0 aliphatic rings. The summed E-state index contributed by atoms with van der Waals surface area (Å²) in [4.78, 5) is 12.4. The average molecular weight is 421 g/mol. The number of amides is 1. The topological polar surface area (TPSA) is 66.0 Å². The van der Waals surface area contributed by atoms with Crippen LogP contribution in [0.1, 0.15) is 16.9 Å². The molecule has 4 nitrogen and oxygen atoms in total. The third-order valence-electron chi connectivity index (χ3n) is 4.06. The van der Waals surface area contributed by atoms with Crippen LogP contribution in [0.2, 0.25) is 0 Å². The second-order valence-electron chi connectivity index (χ2n) is 6.12. The second kappa shape index (κ2) is 8.07. The Hall–Kier alpha value is -3.10. The Morgan fingerprint density at radius 1 is 1.15 bits per heavy atom. The van der Waals surface area contributed by atoms with Crippen LogP contribution in [0.4, 0.5) is 5.69 Å². The maximum atomic E-state index is 12.4. The Morgan fingerprint density at radius 3 is 2.63 bits per heavy atom. The van der Waals surface area contributed by atoms with Crippen molar-refractivity contribution >= 4 is 33.6 Å². The average Bonchev–Trinajstić information content (AvgIpc) is 3.09. The number of carbonyl (C=O) groups is 1. The van der Waals surface area contributed by atoms with Crippen LogP contribution in [-0.4, -0.2) is 5.91 Å². The second-order valence-corrected chi connectivity index (χ2v) is 6.98. The first-order valence-corrected chi connectivity index (χ1v) is 9.12. The van der Waals surface area contributed by atoms with E-state index in [1.54, 1.807) is 12.1 Å². The quantitative estimate of drug-likeness (QED) is 0.423. The van der Waals surface area contributed by atoms with E-state index in [1.807, 2.05) is 62.4 Å². The van der Waals surface area contributed by atoms with Crippen LogP contribution < -0.4 is 5.32 Å². The first-order valence-electron chi connectivity index (χ1n) is 8.33. The van der Waals surface area contributed by atoms with Gasteiger partial charge in [0.1, 0.15) is 23.2 Å². The summed E-state index contributed by atoms with van der Waals surface area (Å²) in [7, 11) is 0. The summed E-state index contributed by atoms with van der Waals surface area (Å²) < 4.78 is 6.73. The minimum Gasteiger partial charge on any atom is -0.457 e. The maximum Gasteiger partial charge on any atom is 0.266 e. The zero-order valence-corrected chi connectivity index (χ0v) is 16.5. The molecule has 27 heavy (non-hydrogen) atoms. The molecular formula is C22H17BrN2O2. The van der Waals surface area contributed by atoms with Crippen LogP contribution >= 0.6 is 15.9 Å². The van der Waals surface area contributed by atoms with E-state index in [1.165, 1.54) is 6.08 Å². The van der Waals surface area contributed by atoms with Gasteiger partial charge in [-0.3, -0.25) is 4.79 Å². The molecule has 1 aromatic heterocycles. The van der Waals surface area contributed by atoms with E-state index in [0.717, 1.165) is 21.2 Å². The van der Waals surface area contributed by atoms with E-state index in [-0.39, 0.29) is 5.57 Å². The Bertz CT molecular complexity index is 1070. The van der Waals surface area contributed by atoms with Crippen LogP contribution in [0, 0.1) is 25.2 Å². The number of aryl methyl sites for hydroxylation is 2. The van der Waals surface area contributed by atoms with Gasteiger partial charge in [0, 0.05) is 21.8 Å². The Labute approximate surface area is 166 Å². The Morgan fingerprint density at radius 2 is 1.93 bits per heavy atom. The zero-order chi connectivity index (χ0) is 19.4. The summed E-state index contributed by atoms with van der Waals surface area (Å²) in [6.45, 7) is 3.90. The standard InChI is InChI=1S/C22H17BrN2O2/c1-14-7-9-18(19(23)11-14)21-10-8-17(27-21)12-16(13-24)22(26)25-20-6-4-3-5-15(20)2/h3-12H,1-2H3,(H,25,26)/b16-12+. The fourth-order valence-corrected chi connectivity index (χ4v) is 3.28. The number of anilines is 1. The third kappa shape index (κ3) is 4.36. The molecule has 0 aliphatic carbocycles. The number of para-hydroxylation sites is 1. The molecular weight excluding hydrogens is 404 g/mol. The minimum absolute atomic E-state index is 0.0258. The van der Waals surface area contributed by atoms with Gasteiger partial charge < -0.3 is 9.73 Å². The van der Waals surface area contributed by atoms with Crippen LogP contribution in [-0.2, 0) is 4.79 Å². The van der Waals surface area contributed by atoms with Gasteiger partial charge in [0.15, 0.2) is 0 Å². The van der Waals surface area contributed by atoms with Crippen molar-refractivity contribution in [2.45, 2.75) is 13.8 Å².